The van der Waals surface area contributed by atoms with Crippen LogP contribution in [-0.2, 0) is 10.3 Å². The van der Waals surface area contributed by atoms with Gasteiger partial charge in [-0.2, -0.15) is 0 Å². The van der Waals surface area contributed by atoms with Gasteiger partial charge in [-0.1, -0.05) is 35.3 Å². The molecule has 1 atom stereocenters. The van der Waals surface area contributed by atoms with E-state index in [1.807, 2.05) is 0 Å². The lowest BCUT2D eigenvalue weighted by atomic mass is 9.90. The molecule has 0 radical (unpaired) electrons. The third-order valence-electron chi connectivity index (χ3n) is 3.21. The smallest absolute Gasteiger partial charge is 0.247 e. The van der Waals surface area contributed by atoms with E-state index in [-0.39, 0.29) is 5.02 Å². The number of amides is 1. The maximum atomic E-state index is 13.3. The number of carbonyl (C=O) groups is 1. The van der Waals surface area contributed by atoms with Crippen LogP contribution >= 0.6 is 23.2 Å². The summed E-state index contributed by atoms with van der Waals surface area (Å²) in [5.74, 6) is -1.18. The third kappa shape index (κ3) is 3.28. The fraction of sp³-hybridized carbons (Fsp3) is 0.133. The van der Waals surface area contributed by atoms with Crippen molar-refractivity contribution in [3.63, 3.8) is 0 Å². The first-order valence-electron chi connectivity index (χ1n) is 6.12. The third-order valence-corrected chi connectivity index (χ3v) is 3.73. The highest BCUT2D eigenvalue weighted by Crippen LogP contribution is 2.29. The van der Waals surface area contributed by atoms with E-state index < -0.39 is 17.3 Å². The van der Waals surface area contributed by atoms with E-state index in [0.29, 0.717) is 16.3 Å². The number of halogens is 3. The molecule has 2 aromatic carbocycles. The van der Waals surface area contributed by atoms with Crippen LogP contribution in [0.4, 0.5) is 10.1 Å². The molecule has 2 rings (SSSR count). The van der Waals surface area contributed by atoms with E-state index in [9.17, 15) is 9.18 Å². The minimum absolute atomic E-state index is 0.0760. The van der Waals surface area contributed by atoms with Gasteiger partial charge in [-0.15, -0.1) is 0 Å². The molecular formula is C15H13Cl2FN2O. The predicted molar refractivity (Wildman–Crippen MR) is 83.0 cm³/mol. The molecule has 3 N–H and O–H groups in total. The highest BCUT2D eigenvalue weighted by Gasteiger charge is 2.33. The highest BCUT2D eigenvalue weighted by molar-refractivity contribution is 6.31. The van der Waals surface area contributed by atoms with Gasteiger partial charge in [0, 0.05) is 10.7 Å². The van der Waals surface area contributed by atoms with E-state index in [4.69, 9.17) is 28.9 Å². The Balaban J connectivity index is 2.45. The standard InChI is InChI=1S/C15H13Cl2FN2O/c1-15(14(19)21,9-5-6-13(18)12(17)7-9)20-11-4-2-3-10(16)8-11/h2-8,20H,1H3,(H2,19,21). The van der Waals surface area contributed by atoms with Crippen molar-refractivity contribution in [3.05, 3.63) is 63.9 Å². The molecule has 1 amide bonds. The normalized spacial score (nSPS) is 13.5. The van der Waals surface area contributed by atoms with Gasteiger partial charge in [-0.05, 0) is 42.8 Å². The first kappa shape index (κ1) is 15.6. The number of primary amides is 1. The van der Waals surface area contributed by atoms with Gasteiger partial charge in [0.1, 0.15) is 11.4 Å². The Morgan fingerprint density at radius 1 is 1.24 bits per heavy atom. The fourth-order valence-corrected chi connectivity index (χ4v) is 2.31. The molecule has 0 spiro atoms. The summed E-state index contributed by atoms with van der Waals surface area (Å²) in [6.07, 6.45) is 0. The molecule has 0 aromatic heterocycles. The summed E-state index contributed by atoms with van der Waals surface area (Å²) in [5, 5.41) is 3.46. The van der Waals surface area contributed by atoms with Gasteiger partial charge in [0.05, 0.1) is 5.02 Å². The second kappa shape index (κ2) is 5.92. The van der Waals surface area contributed by atoms with Gasteiger partial charge in [-0.3, -0.25) is 4.79 Å². The summed E-state index contributed by atoms with van der Waals surface area (Å²) >= 11 is 11.7. The number of anilines is 1. The number of nitrogens with one attached hydrogen (secondary N) is 1. The van der Waals surface area contributed by atoms with Crippen molar-refractivity contribution in [2.75, 3.05) is 5.32 Å². The SMILES string of the molecule is CC(Nc1cccc(Cl)c1)(C(N)=O)c1ccc(F)c(Cl)c1. The molecule has 0 bridgehead atoms. The lowest BCUT2D eigenvalue weighted by molar-refractivity contribution is -0.122. The molecule has 0 aliphatic rings. The van der Waals surface area contributed by atoms with Gasteiger partial charge >= 0.3 is 0 Å². The molecule has 3 nitrogen and oxygen atoms in total. The minimum atomic E-state index is -1.25. The Morgan fingerprint density at radius 3 is 2.52 bits per heavy atom. The molecule has 110 valence electrons. The van der Waals surface area contributed by atoms with Crippen LogP contribution in [0.25, 0.3) is 0 Å². The van der Waals surface area contributed by atoms with E-state index in [0.717, 1.165) is 0 Å². The summed E-state index contributed by atoms with van der Waals surface area (Å²) < 4.78 is 13.3. The molecule has 0 heterocycles. The van der Waals surface area contributed by atoms with Gasteiger partial charge in [0.25, 0.3) is 0 Å². The van der Waals surface area contributed by atoms with Crippen LogP contribution in [0, 0.1) is 5.82 Å². The van der Waals surface area contributed by atoms with Gasteiger partial charge < -0.3 is 11.1 Å². The van der Waals surface area contributed by atoms with Crippen molar-refractivity contribution in [1.29, 1.82) is 0 Å². The van der Waals surface area contributed by atoms with E-state index in [1.165, 1.54) is 18.2 Å². The Bertz CT molecular complexity index is 693. The molecule has 2 aromatic rings. The zero-order valence-electron chi connectivity index (χ0n) is 11.2. The average molecular weight is 327 g/mol. The van der Waals surface area contributed by atoms with Gasteiger partial charge in [0.2, 0.25) is 5.91 Å². The molecule has 0 fully saturated rings. The molecule has 0 saturated carbocycles. The number of carbonyl (C=O) groups excluding carboxylic acids is 1. The van der Waals surface area contributed by atoms with Crippen LogP contribution in [0.5, 0.6) is 0 Å². The number of rotatable bonds is 4. The summed E-state index contributed by atoms with van der Waals surface area (Å²) in [5.41, 5.74) is 5.33. The molecule has 21 heavy (non-hydrogen) atoms. The van der Waals surface area contributed by atoms with Crippen molar-refractivity contribution in [2.24, 2.45) is 5.73 Å². The van der Waals surface area contributed by atoms with Crippen LogP contribution in [-0.4, -0.2) is 5.91 Å². The molecular weight excluding hydrogens is 314 g/mol. The van der Waals surface area contributed by atoms with Crippen LogP contribution in [0.15, 0.2) is 42.5 Å². The summed E-state index contributed by atoms with van der Waals surface area (Å²) in [6, 6.07) is 10.9. The quantitative estimate of drug-likeness (QED) is 0.893. The predicted octanol–water partition coefficient (Wildman–Crippen LogP) is 3.95. The molecule has 0 aliphatic carbocycles. The first-order chi connectivity index (χ1) is 9.83. The van der Waals surface area contributed by atoms with Crippen LogP contribution in [0.3, 0.4) is 0 Å². The first-order valence-corrected chi connectivity index (χ1v) is 6.88. The minimum Gasteiger partial charge on any atom is -0.368 e. The second-order valence-corrected chi connectivity index (χ2v) is 5.60. The van der Waals surface area contributed by atoms with Crippen molar-refractivity contribution in [3.8, 4) is 0 Å². The number of hydrogen-bond donors (Lipinski definition) is 2. The Hall–Kier alpha value is -1.78. The van der Waals surface area contributed by atoms with E-state index in [2.05, 4.69) is 5.32 Å². The van der Waals surface area contributed by atoms with Crippen molar-refractivity contribution in [1.82, 2.24) is 0 Å². The second-order valence-electron chi connectivity index (χ2n) is 4.75. The Kier molecular flexibility index (Phi) is 4.40. The average Bonchev–Trinajstić information content (AvgIpc) is 2.41. The van der Waals surface area contributed by atoms with Crippen molar-refractivity contribution >= 4 is 34.8 Å². The summed E-state index contributed by atoms with van der Waals surface area (Å²) in [6.45, 7) is 1.60. The largest absolute Gasteiger partial charge is 0.368 e. The van der Waals surface area contributed by atoms with Gasteiger partial charge in [0.15, 0.2) is 0 Å². The maximum Gasteiger partial charge on any atom is 0.247 e. The molecule has 6 heteroatoms. The monoisotopic (exact) mass is 326 g/mol. The van der Waals surface area contributed by atoms with E-state index >= 15 is 0 Å². The molecule has 0 saturated heterocycles. The van der Waals surface area contributed by atoms with E-state index in [1.54, 1.807) is 31.2 Å². The summed E-state index contributed by atoms with van der Waals surface area (Å²) in [4.78, 5) is 11.9. The summed E-state index contributed by atoms with van der Waals surface area (Å²) in [7, 11) is 0. The number of benzene rings is 2. The molecule has 0 aliphatic heterocycles. The van der Waals surface area contributed by atoms with Gasteiger partial charge in [-0.25, -0.2) is 4.39 Å². The molecule has 1 unspecified atom stereocenters. The lowest BCUT2D eigenvalue weighted by Crippen LogP contribution is -2.45. The zero-order chi connectivity index (χ0) is 15.6. The van der Waals surface area contributed by atoms with Crippen molar-refractivity contribution in [2.45, 2.75) is 12.5 Å². The zero-order valence-corrected chi connectivity index (χ0v) is 12.7. The van der Waals surface area contributed by atoms with Crippen LogP contribution in [0.1, 0.15) is 12.5 Å². The van der Waals surface area contributed by atoms with Crippen molar-refractivity contribution < 1.29 is 9.18 Å². The van der Waals surface area contributed by atoms with Crippen LogP contribution in [0.2, 0.25) is 10.0 Å². The Labute approximate surface area is 131 Å². The van der Waals surface area contributed by atoms with Crippen LogP contribution < -0.4 is 11.1 Å². The maximum absolute atomic E-state index is 13.3. The number of nitrogens with two attached hydrogens (primary N) is 1. The highest BCUT2D eigenvalue weighted by atomic mass is 35.5. The fourth-order valence-electron chi connectivity index (χ4n) is 1.94. The number of hydrogen-bond acceptors (Lipinski definition) is 2. The Morgan fingerprint density at radius 2 is 1.95 bits per heavy atom. The lowest BCUT2D eigenvalue weighted by Gasteiger charge is -2.29. The topological polar surface area (TPSA) is 55.1 Å².